The summed E-state index contributed by atoms with van der Waals surface area (Å²) in [7, 11) is 0. The van der Waals surface area contributed by atoms with Gasteiger partial charge in [-0.1, -0.05) is 89.7 Å². The van der Waals surface area contributed by atoms with Crippen molar-refractivity contribution in [1.82, 2.24) is 4.57 Å². The summed E-state index contributed by atoms with van der Waals surface area (Å²) in [4.78, 5) is 33.2. The Morgan fingerprint density at radius 1 is 0.891 bits per heavy atom. The van der Waals surface area contributed by atoms with Crippen LogP contribution in [-0.4, -0.2) is 23.8 Å². The van der Waals surface area contributed by atoms with E-state index in [2.05, 4.69) is 0 Å². The van der Waals surface area contributed by atoms with E-state index < -0.39 is 12.0 Å². The Morgan fingerprint density at radius 2 is 1.61 bits per heavy atom. The summed E-state index contributed by atoms with van der Waals surface area (Å²) in [6.07, 6.45) is 1.83. The lowest BCUT2D eigenvalue weighted by Gasteiger charge is -2.26. The van der Waals surface area contributed by atoms with Gasteiger partial charge in [-0.05, 0) is 73.0 Å². The molecular weight excluding hydrogens is 620 g/mol. The van der Waals surface area contributed by atoms with E-state index in [-0.39, 0.29) is 12.2 Å². The van der Waals surface area contributed by atoms with E-state index in [0.717, 1.165) is 22.3 Å². The molecule has 0 unspecified atom stereocenters. The Morgan fingerprint density at radius 3 is 2.30 bits per heavy atom. The number of hydrogen-bond donors (Lipinski definition) is 0. The number of esters is 1. The molecule has 0 bridgehead atoms. The van der Waals surface area contributed by atoms with Crippen molar-refractivity contribution in [3.63, 3.8) is 0 Å². The highest BCUT2D eigenvalue weighted by Crippen LogP contribution is 2.35. The molecule has 0 fully saturated rings. The molecule has 4 aromatic carbocycles. The standard InChI is InChI=1S/C37H31ClN2O5S/c1-3-43-29-19-15-27(16-20-29)34-32(36(42)44-4-2)33(26-10-6-5-7-11-26)39-37-40(34)35(41)31(46-37)22-24-13-17-30(18-14-24)45-23-25-9-8-12-28(38)21-25/h5-22,34H,3-4,23H2,1-2H3/b31-22-/t34-/m1/s1. The van der Waals surface area contributed by atoms with Crippen molar-refractivity contribution in [1.29, 1.82) is 0 Å². The van der Waals surface area contributed by atoms with Gasteiger partial charge in [0.05, 0.1) is 35.1 Å². The summed E-state index contributed by atoms with van der Waals surface area (Å²) < 4.78 is 19.2. The number of halogens is 1. The number of hydrogen-bond acceptors (Lipinski definition) is 7. The molecule has 2 heterocycles. The Hall–Kier alpha value is -4.92. The predicted octanol–water partition coefficient (Wildman–Crippen LogP) is 6.57. The third-order valence-corrected chi connectivity index (χ3v) is 8.57. The van der Waals surface area contributed by atoms with Gasteiger partial charge in [0.1, 0.15) is 18.1 Å². The minimum atomic E-state index is -0.759. The fourth-order valence-electron chi connectivity index (χ4n) is 5.27. The summed E-state index contributed by atoms with van der Waals surface area (Å²) in [6.45, 7) is 4.77. The van der Waals surface area contributed by atoms with Crippen LogP contribution in [0.4, 0.5) is 0 Å². The fourth-order valence-corrected chi connectivity index (χ4v) is 6.49. The van der Waals surface area contributed by atoms with Gasteiger partial charge in [-0.3, -0.25) is 9.36 Å². The molecule has 1 aromatic heterocycles. The first-order chi connectivity index (χ1) is 22.4. The van der Waals surface area contributed by atoms with Gasteiger partial charge in [-0.15, -0.1) is 0 Å². The van der Waals surface area contributed by atoms with Crippen LogP contribution in [0, 0.1) is 0 Å². The van der Waals surface area contributed by atoms with Gasteiger partial charge in [0, 0.05) is 10.6 Å². The van der Waals surface area contributed by atoms with Crippen LogP contribution in [0.15, 0.2) is 118 Å². The third kappa shape index (κ3) is 6.68. The van der Waals surface area contributed by atoms with E-state index in [9.17, 15) is 9.59 Å². The van der Waals surface area contributed by atoms with Crippen LogP contribution in [-0.2, 0) is 16.1 Å². The van der Waals surface area contributed by atoms with Crippen molar-refractivity contribution in [2.45, 2.75) is 26.5 Å². The Bertz CT molecular complexity index is 2070. The quantitative estimate of drug-likeness (QED) is 0.160. The predicted molar refractivity (Wildman–Crippen MR) is 181 cm³/mol. The first-order valence-electron chi connectivity index (χ1n) is 14.9. The number of rotatable bonds is 10. The van der Waals surface area contributed by atoms with Gasteiger partial charge >= 0.3 is 5.97 Å². The normalized spacial score (nSPS) is 14.4. The summed E-state index contributed by atoms with van der Waals surface area (Å²) in [5.41, 5.74) is 3.82. The number of nitrogens with zero attached hydrogens (tertiary/aromatic N) is 2. The zero-order chi connectivity index (χ0) is 32.0. The van der Waals surface area contributed by atoms with E-state index in [1.54, 1.807) is 11.5 Å². The monoisotopic (exact) mass is 650 g/mol. The SMILES string of the molecule is CCOC(=O)C1=C(c2ccccc2)N=c2s/c(=C\c3ccc(OCc4cccc(Cl)c4)cc3)c(=O)n2[C@@H]1c1ccc(OCC)cc1. The molecule has 1 atom stereocenters. The minimum Gasteiger partial charge on any atom is -0.494 e. The zero-order valence-electron chi connectivity index (χ0n) is 25.3. The molecule has 1 aliphatic rings. The van der Waals surface area contributed by atoms with Crippen LogP contribution in [0.2, 0.25) is 5.02 Å². The molecule has 46 heavy (non-hydrogen) atoms. The van der Waals surface area contributed by atoms with Crippen molar-refractivity contribution in [2.75, 3.05) is 13.2 Å². The van der Waals surface area contributed by atoms with E-state index in [1.807, 2.05) is 116 Å². The smallest absolute Gasteiger partial charge is 0.338 e. The number of benzene rings is 4. The average Bonchev–Trinajstić information content (AvgIpc) is 3.38. The highest BCUT2D eigenvalue weighted by Gasteiger charge is 2.35. The maximum atomic E-state index is 14.1. The van der Waals surface area contributed by atoms with Crippen molar-refractivity contribution in [3.05, 3.63) is 156 Å². The number of carbonyl (C=O) groups excluding carboxylic acids is 1. The second-order valence-corrected chi connectivity index (χ2v) is 11.9. The summed E-state index contributed by atoms with van der Waals surface area (Å²) in [6, 6.07) is 31.2. The van der Waals surface area contributed by atoms with Gasteiger partial charge in [-0.25, -0.2) is 9.79 Å². The Balaban J connectivity index is 1.43. The van der Waals surface area contributed by atoms with Crippen molar-refractivity contribution >= 4 is 40.7 Å². The van der Waals surface area contributed by atoms with E-state index >= 15 is 0 Å². The maximum Gasteiger partial charge on any atom is 0.338 e. The van der Waals surface area contributed by atoms with E-state index in [1.165, 1.54) is 11.3 Å². The highest BCUT2D eigenvalue weighted by atomic mass is 35.5. The lowest BCUT2D eigenvalue weighted by molar-refractivity contribution is -0.138. The molecule has 7 nitrogen and oxygen atoms in total. The van der Waals surface area contributed by atoms with Gasteiger partial charge < -0.3 is 14.2 Å². The molecule has 9 heteroatoms. The second-order valence-electron chi connectivity index (χ2n) is 10.4. The maximum absolute atomic E-state index is 14.1. The molecule has 0 radical (unpaired) electrons. The third-order valence-electron chi connectivity index (χ3n) is 7.35. The van der Waals surface area contributed by atoms with Gasteiger partial charge in [0.2, 0.25) is 0 Å². The van der Waals surface area contributed by atoms with Crippen molar-refractivity contribution < 1.29 is 19.0 Å². The zero-order valence-corrected chi connectivity index (χ0v) is 26.9. The largest absolute Gasteiger partial charge is 0.494 e. The molecule has 0 saturated carbocycles. The number of fused-ring (bicyclic) bond motifs is 1. The Kier molecular flexibility index (Phi) is 9.47. The lowest BCUT2D eigenvalue weighted by atomic mass is 9.93. The summed E-state index contributed by atoms with van der Waals surface area (Å²) in [5.74, 6) is 0.871. The molecule has 232 valence electrons. The van der Waals surface area contributed by atoms with Gasteiger partial charge in [0.15, 0.2) is 4.80 Å². The molecule has 0 spiro atoms. The molecule has 5 aromatic rings. The first kappa shape index (κ1) is 31.1. The molecule has 0 saturated heterocycles. The minimum absolute atomic E-state index is 0.184. The molecule has 0 amide bonds. The number of ether oxygens (including phenoxy) is 3. The molecule has 6 rings (SSSR count). The fraction of sp³-hybridized carbons (Fsp3) is 0.162. The van der Waals surface area contributed by atoms with Crippen LogP contribution in [0.1, 0.15) is 42.1 Å². The molecule has 0 N–H and O–H groups in total. The lowest BCUT2D eigenvalue weighted by Crippen LogP contribution is -2.40. The highest BCUT2D eigenvalue weighted by molar-refractivity contribution is 7.07. The number of aromatic nitrogens is 1. The van der Waals surface area contributed by atoms with Crippen LogP contribution >= 0.6 is 22.9 Å². The molecular formula is C37H31ClN2O5S. The number of thiazole rings is 1. The average molecular weight is 651 g/mol. The van der Waals surface area contributed by atoms with Crippen molar-refractivity contribution in [3.8, 4) is 11.5 Å². The van der Waals surface area contributed by atoms with Gasteiger partial charge in [0.25, 0.3) is 5.56 Å². The van der Waals surface area contributed by atoms with Crippen LogP contribution < -0.4 is 24.4 Å². The second kappa shape index (κ2) is 14.0. The number of carbonyl (C=O) groups is 1. The van der Waals surface area contributed by atoms with E-state index in [4.69, 9.17) is 30.8 Å². The Labute approximate surface area is 275 Å². The van der Waals surface area contributed by atoms with Crippen LogP contribution in [0.25, 0.3) is 11.8 Å². The van der Waals surface area contributed by atoms with Crippen molar-refractivity contribution in [2.24, 2.45) is 4.99 Å². The van der Waals surface area contributed by atoms with Crippen LogP contribution in [0.5, 0.6) is 11.5 Å². The topological polar surface area (TPSA) is 79.1 Å². The summed E-state index contributed by atoms with van der Waals surface area (Å²) in [5, 5.41) is 0.660. The van der Waals surface area contributed by atoms with Gasteiger partial charge in [-0.2, -0.15) is 0 Å². The molecule has 1 aliphatic heterocycles. The van der Waals surface area contributed by atoms with E-state index in [0.29, 0.717) is 50.3 Å². The first-order valence-corrected chi connectivity index (χ1v) is 16.1. The van der Waals surface area contributed by atoms with Crippen LogP contribution in [0.3, 0.4) is 0 Å². The molecule has 0 aliphatic carbocycles. The summed E-state index contributed by atoms with van der Waals surface area (Å²) >= 11 is 7.37.